The Morgan fingerprint density at radius 1 is 0.456 bits per heavy atom. The van der Waals surface area contributed by atoms with Crippen molar-refractivity contribution in [1.82, 2.24) is 0 Å². The van der Waals surface area contributed by atoms with E-state index >= 15 is 0 Å². The van der Waals surface area contributed by atoms with Gasteiger partial charge in [-0.1, -0.05) is 83.1 Å². The summed E-state index contributed by atoms with van der Waals surface area (Å²) in [6.07, 6.45) is 4.18. The van der Waals surface area contributed by atoms with Crippen molar-refractivity contribution in [2.75, 3.05) is 39.6 Å². The Morgan fingerprint density at radius 2 is 0.864 bits per heavy atom. The molecule has 2 aliphatic carbocycles. The smallest absolute Gasteiger partial charge is 0.348 e. The highest BCUT2D eigenvalue weighted by Crippen LogP contribution is 2.56. The quantitative estimate of drug-likeness (QED) is 0.0761. The Hall–Kier alpha value is -7.42. The molecule has 0 amide bonds. The van der Waals surface area contributed by atoms with Gasteiger partial charge in [0.05, 0.1) is 77.5 Å². The van der Waals surface area contributed by atoms with Crippen molar-refractivity contribution >= 4 is 83.6 Å². The van der Waals surface area contributed by atoms with Gasteiger partial charge in [-0.15, -0.1) is 0 Å². The van der Waals surface area contributed by atoms with Crippen LogP contribution in [0.25, 0.3) is 0 Å². The van der Waals surface area contributed by atoms with E-state index in [0.717, 1.165) is 32.1 Å². The first-order chi connectivity index (χ1) is 47.7. The Morgan fingerprint density at radius 3 is 1.24 bits per heavy atom. The highest BCUT2D eigenvalue weighted by atomic mass is 16.6. The number of carbonyl (C=O) groups is 14. The third-order valence-corrected chi connectivity index (χ3v) is 20.6. The van der Waals surface area contributed by atoms with Crippen LogP contribution in [0.2, 0.25) is 0 Å². The predicted molar refractivity (Wildman–Crippen MR) is 365 cm³/mol. The highest BCUT2D eigenvalue weighted by molar-refractivity contribution is 5.86. The van der Waals surface area contributed by atoms with E-state index in [1.54, 1.807) is 41.5 Å². The van der Waals surface area contributed by atoms with E-state index in [4.69, 9.17) is 56.8 Å². The van der Waals surface area contributed by atoms with Gasteiger partial charge in [0.15, 0.2) is 0 Å². The summed E-state index contributed by atoms with van der Waals surface area (Å²) in [6.45, 7) is 42.6. The Balaban J connectivity index is 0.000000313. The summed E-state index contributed by atoms with van der Waals surface area (Å²) in [7, 11) is 0. The van der Waals surface area contributed by atoms with Gasteiger partial charge in [-0.05, 0) is 127 Å². The molecule has 7 heterocycles. The molecule has 9 rings (SSSR count). The second kappa shape index (κ2) is 39.1. The molecule has 28 heteroatoms. The summed E-state index contributed by atoms with van der Waals surface area (Å²) >= 11 is 0. The minimum atomic E-state index is -0.772. The summed E-state index contributed by atoms with van der Waals surface area (Å²) in [6, 6.07) is 0. The van der Waals surface area contributed by atoms with E-state index in [2.05, 4.69) is 9.47 Å². The van der Waals surface area contributed by atoms with Gasteiger partial charge in [0.1, 0.15) is 44.2 Å². The standard InChI is InChI=1S/C14H20O4.C12H20O4.C11H18O4.2C10H16O4.2C9H14O4/c1-4-14(2,3)13(16)18-10-7-5-8-9(6-7)12(15)17-11(8)10;1-6-11(2,3)10(14)16-8-9(13)15-7-12(8,4)5;1-5-11(3,4)10(13)15-8-7(2)6-14-9(8)12;1-4-10(2,3)9(12)14-7-5-8(11)13-6-7;1-4-10(2,3)9(12)14-7-5-6-13-8(7)11;1-3-6(2)9(11)13-7-4-8(10)12-5-7;1-3-6(2)8(10)13-7-4-5-12-9(7)11/h7-11H,4-6H2,1-3H3;8H,6-7H2,1-5H3;7-8H,5-6H2,1-4H3;2*7H,4-6H2,1-3H3;2*6-7H,3-5H2,1-2H3. The lowest BCUT2D eigenvalue weighted by molar-refractivity contribution is -0.170. The first kappa shape index (κ1) is 89.8. The molecule has 9 fully saturated rings. The first-order valence-corrected chi connectivity index (χ1v) is 36.4. The third kappa shape index (κ3) is 26.0. The molecule has 103 heavy (non-hydrogen) atoms. The second-order valence-corrected chi connectivity index (χ2v) is 31.5. The van der Waals surface area contributed by atoms with E-state index in [0.29, 0.717) is 76.8 Å². The summed E-state index contributed by atoms with van der Waals surface area (Å²) < 4.78 is 70.2. The molecular weight excluding hydrogens is 1350 g/mol. The minimum Gasteiger partial charge on any atom is -0.463 e. The Labute approximate surface area is 607 Å². The van der Waals surface area contributed by atoms with E-state index < -0.39 is 80.8 Å². The van der Waals surface area contributed by atoms with Crippen LogP contribution >= 0.6 is 0 Å². The van der Waals surface area contributed by atoms with E-state index in [9.17, 15) is 67.1 Å². The minimum absolute atomic E-state index is 0.0471. The average molecular weight is 1470 g/mol. The van der Waals surface area contributed by atoms with Crippen LogP contribution in [0.1, 0.15) is 236 Å². The van der Waals surface area contributed by atoms with Crippen LogP contribution in [0.3, 0.4) is 0 Å². The van der Waals surface area contributed by atoms with E-state index in [1.807, 2.05) is 111 Å². The van der Waals surface area contributed by atoms with E-state index in [-0.39, 0.29) is 134 Å². The fourth-order valence-electron chi connectivity index (χ4n) is 10.1. The molecule has 7 aliphatic heterocycles. The fourth-order valence-corrected chi connectivity index (χ4v) is 10.1. The van der Waals surface area contributed by atoms with Gasteiger partial charge in [0, 0.05) is 36.0 Å². The molecular formula is C75H118O28. The van der Waals surface area contributed by atoms with Crippen LogP contribution in [0.5, 0.6) is 0 Å². The van der Waals surface area contributed by atoms with Crippen LogP contribution in [-0.4, -0.2) is 172 Å². The number of esters is 14. The number of ether oxygens (including phenoxy) is 14. The van der Waals surface area contributed by atoms with Gasteiger partial charge < -0.3 is 66.3 Å². The molecule has 0 aromatic heterocycles. The van der Waals surface area contributed by atoms with Crippen molar-refractivity contribution in [2.45, 2.75) is 285 Å². The van der Waals surface area contributed by atoms with Crippen LogP contribution < -0.4 is 0 Å². The number of rotatable bonds is 21. The molecule has 14 atom stereocenters. The molecule has 7 saturated heterocycles. The van der Waals surface area contributed by atoms with Gasteiger partial charge in [-0.25, -0.2) is 19.2 Å². The molecule has 586 valence electrons. The van der Waals surface area contributed by atoms with Gasteiger partial charge in [-0.3, -0.25) is 47.9 Å². The molecule has 0 aromatic rings. The van der Waals surface area contributed by atoms with Crippen LogP contribution in [0.4, 0.5) is 0 Å². The Kier molecular flexibility index (Phi) is 34.1. The number of cyclic esters (lactones) is 6. The van der Waals surface area contributed by atoms with Crippen molar-refractivity contribution < 1.29 is 133 Å². The maximum Gasteiger partial charge on any atom is 0.348 e. The van der Waals surface area contributed by atoms with E-state index in [1.165, 1.54) is 0 Å². The first-order valence-electron chi connectivity index (χ1n) is 36.4. The lowest BCUT2D eigenvalue weighted by Crippen LogP contribution is -2.39. The van der Waals surface area contributed by atoms with Crippen LogP contribution in [-0.2, 0) is 133 Å². The van der Waals surface area contributed by atoms with Gasteiger partial charge >= 0.3 is 83.6 Å². The molecule has 0 spiro atoms. The normalized spacial score (nSPS) is 26.7. The fraction of sp³-hybridized carbons (Fsp3) is 0.813. The van der Waals surface area contributed by atoms with Gasteiger partial charge in [0.2, 0.25) is 24.4 Å². The number of fused-ring (bicyclic) bond motifs is 1. The molecule has 14 unspecified atom stereocenters. The SMILES string of the molecule is CCC(C)(C)C(=O)OC1C(=O)OCC1(C)C.CCC(C)(C)C(=O)OC1C(=O)OCC1C.CCC(C)(C)C(=O)OC1C2CC3C(=O)OC1C3C2.CCC(C)(C)C(=O)OC1CCOC1=O.CCC(C)(C)C(=O)OC1COC(=O)C1.CCC(C)C(=O)OC1CCOC1=O.CCC(C)C(=O)OC1COC(=O)C1. The summed E-state index contributed by atoms with van der Waals surface area (Å²) in [5, 5.41) is 0. The van der Waals surface area contributed by atoms with Crippen molar-refractivity contribution in [2.24, 2.45) is 68.0 Å². The molecule has 9 aliphatic rings. The van der Waals surface area contributed by atoms with Crippen molar-refractivity contribution in [3.8, 4) is 0 Å². The number of carbonyl (C=O) groups excluding carboxylic acids is 14. The molecule has 2 bridgehead atoms. The second-order valence-electron chi connectivity index (χ2n) is 31.5. The topological polar surface area (TPSA) is 368 Å². The molecule has 2 saturated carbocycles. The third-order valence-electron chi connectivity index (χ3n) is 20.6. The molecule has 0 N–H and O–H groups in total. The Bertz CT molecular complexity index is 2970. The zero-order chi connectivity index (χ0) is 78.5. The largest absolute Gasteiger partial charge is 0.463 e. The summed E-state index contributed by atoms with van der Waals surface area (Å²) in [5.41, 5.74) is -2.99. The van der Waals surface area contributed by atoms with Gasteiger partial charge in [-0.2, -0.15) is 0 Å². The van der Waals surface area contributed by atoms with Crippen molar-refractivity contribution in [3.05, 3.63) is 0 Å². The maximum absolute atomic E-state index is 12.1. The summed E-state index contributed by atoms with van der Waals surface area (Å²) in [5.74, 6) is -3.96. The molecule has 0 aromatic carbocycles. The lowest BCUT2D eigenvalue weighted by atomic mass is 9.87. The molecule has 28 nitrogen and oxygen atoms in total. The lowest BCUT2D eigenvalue weighted by Gasteiger charge is -2.29. The predicted octanol–water partition coefficient (Wildman–Crippen LogP) is 9.71. The summed E-state index contributed by atoms with van der Waals surface area (Å²) in [4.78, 5) is 159. The zero-order valence-electron chi connectivity index (χ0n) is 64.9. The van der Waals surface area contributed by atoms with Crippen LogP contribution in [0, 0.1) is 68.0 Å². The number of hydrogen-bond donors (Lipinski definition) is 0. The van der Waals surface area contributed by atoms with Crippen molar-refractivity contribution in [3.63, 3.8) is 0 Å². The van der Waals surface area contributed by atoms with Gasteiger partial charge in [0.25, 0.3) is 0 Å². The average Bonchev–Trinajstić information content (AvgIpc) is 1.57. The van der Waals surface area contributed by atoms with Crippen LogP contribution in [0.15, 0.2) is 0 Å². The molecule has 0 radical (unpaired) electrons. The maximum atomic E-state index is 12.1. The monoisotopic (exact) mass is 1470 g/mol. The highest BCUT2D eigenvalue weighted by Gasteiger charge is 2.63. The zero-order valence-corrected chi connectivity index (χ0v) is 64.9. The van der Waals surface area contributed by atoms with Crippen molar-refractivity contribution in [1.29, 1.82) is 0 Å². The number of hydrogen-bond acceptors (Lipinski definition) is 28.